The SMILES string of the molecule is CC(O)CC(=O)C(C#N)C(=O)Nc1ccc(C(F)(F)F)cc1. The van der Waals surface area contributed by atoms with Crippen LogP contribution in [0.5, 0.6) is 0 Å². The fourth-order valence-corrected chi connectivity index (χ4v) is 1.64. The maximum absolute atomic E-state index is 12.4. The number of hydrogen-bond acceptors (Lipinski definition) is 4. The molecule has 0 fully saturated rings. The zero-order valence-electron chi connectivity index (χ0n) is 11.5. The standard InChI is InChI=1S/C14H13F3N2O3/c1-8(20)6-12(21)11(7-18)13(22)19-10-4-2-9(3-5-10)14(15,16)17/h2-5,8,11,20H,6H2,1H3,(H,19,22). The number of amides is 1. The lowest BCUT2D eigenvalue weighted by molar-refractivity contribution is -0.137. The van der Waals surface area contributed by atoms with Crippen LogP contribution in [-0.2, 0) is 15.8 Å². The molecule has 0 radical (unpaired) electrons. The highest BCUT2D eigenvalue weighted by molar-refractivity contribution is 6.09. The molecule has 2 N–H and O–H groups in total. The molecular weight excluding hydrogens is 301 g/mol. The average molecular weight is 314 g/mol. The van der Waals surface area contributed by atoms with Crippen LogP contribution in [0.1, 0.15) is 18.9 Å². The van der Waals surface area contributed by atoms with E-state index in [-0.39, 0.29) is 12.1 Å². The maximum Gasteiger partial charge on any atom is 0.416 e. The Morgan fingerprint density at radius 3 is 2.27 bits per heavy atom. The number of rotatable bonds is 5. The van der Waals surface area contributed by atoms with E-state index in [4.69, 9.17) is 10.4 Å². The van der Waals surface area contributed by atoms with E-state index in [9.17, 15) is 22.8 Å². The molecule has 1 amide bonds. The zero-order valence-corrected chi connectivity index (χ0v) is 11.5. The number of hydrogen-bond donors (Lipinski definition) is 2. The number of carbonyl (C=O) groups excluding carboxylic acids is 2. The van der Waals surface area contributed by atoms with Crippen molar-refractivity contribution in [1.82, 2.24) is 0 Å². The molecule has 0 aliphatic carbocycles. The molecule has 2 unspecified atom stereocenters. The van der Waals surface area contributed by atoms with Gasteiger partial charge < -0.3 is 10.4 Å². The van der Waals surface area contributed by atoms with Gasteiger partial charge in [-0.1, -0.05) is 0 Å². The van der Waals surface area contributed by atoms with Crippen LogP contribution in [0.25, 0.3) is 0 Å². The first kappa shape index (κ1) is 17.7. The van der Waals surface area contributed by atoms with Crippen molar-refractivity contribution in [3.05, 3.63) is 29.8 Å². The van der Waals surface area contributed by atoms with E-state index in [1.54, 1.807) is 0 Å². The minimum absolute atomic E-state index is 0.0306. The van der Waals surface area contributed by atoms with Gasteiger partial charge in [0.05, 0.1) is 17.7 Å². The summed E-state index contributed by atoms with van der Waals surface area (Å²) < 4.78 is 37.2. The summed E-state index contributed by atoms with van der Waals surface area (Å²) >= 11 is 0. The summed E-state index contributed by atoms with van der Waals surface area (Å²) in [5.41, 5.74) is -0.851. The smallest absolute Gasteiger partial charge is 0.393 e. The molecule has 2 atom stereocenters. The Balaban J connectivity index is 2.79. The Bertz CT molecular complexity index is 589. The topological polar surface area (TPSA) is 90.2 Å². The second kappa shape index (κ2) is 7.04. The van der Waals surface area contributed by atoms with Crippen LogP contribution >= 0.6 is 0 Å². The van der Waals surface area contributed by atoms with Crippen LogP contribution < -0.4 is 5.32 Å². The molecule has 0 aromatic heterocycles. The number of aliphatic hydroxyl groups excluding tert-OH is 1. The highest BCUT2D eigenvalue weighted by atomic mass is 19.4. The van der Waals surface area contributed by atoms with Crippen molar-refractivity contribution in [2.24, 2.45) is 5.92 Å². The molecule has 0 heterocycles. The minimum atomic E-state index is -4.50. The van der Waals surface area contributed by atoms with E-state index in [0.717, 1.165) is 24.3 Å². The number of nitrogens with one attached hydrogen (secondary N) is 1. The monoisotopic (exact) mass is 314 g/mol. The molecule has 1 aromatic carbocycles. The molecule has 118 valence electrons. The van der Waals surface area contributed by atoms with E-state index < -0.39 is 35.5 Å². The summed E-state index contributed by atoms with van der Waals surface area (Å²) in [6.45, 7) is 1.33. The van der Waals surface area contributed by atoms with Crippen LogP contribution in [0.4, 0.5) is 18.9 Å². The van der Waals surface area contributed by atoms with Gasteiger partial charge in [-0.05, 0) is 31.2 Å². The number of benzene rings is 1. The lowest BCUT2D eigenvalue weighted by atomic mass is 10.00. The molecule has 0 bridgehead atoms. The van der Waals surface area contributed by atoms with Crippen LogP contribution in [0, 0.1) is 17.2 Å². The Hall–Kier alpha value is -2.40. The van der Waals surface area contributed by atoms with Crippen LogP contribution in [-0.4, -0.2) is 22.9 Å². The number of anilines is 1. The molecule has 0 saturated heterocycles. The Morgan fingerprint density at radius 2 is 1.86 bits per heavy atom. The van der Waals surface area contributed by atoms with E-state index in [0.29, 0.717) is 0 Å². The van der Waals surface area contributed by atoms with Crippen LogP contribution in [0.15, 0.2) is 24.3 Å². The minimum Gasteiger partial charge on any atom is -0.393 e. The number of alkyl halides is 3. The van der Waals surface area contributed by atoms with E-state index >= 15 is 0 Å². The third-order valence-electron chi connectivity index (χ3n) is 2.69. The van der Waals surface area contributed by atoms with Crippen molar-refractivity contribution >= 4 is 17.4 Å². The van der Waals surface area contributed by atoms with Gasteiger partial charge in [-0.25, -0.2) is 0 Å². The summed E-state index contributed by atoms with van der Waals surface area (Å²) in [7, 11) is 0. The molecule has 8 heteroatoms. The predicted octanol–water partition coefficient (Wildman–Crippen LogP) is 2.12. The number of Topliss-reactive ketones (excluding diaryl/α,β-unsaturated/α-hetero) is 1. The molecule has 1 rings (SSSR count). The molecule has 22 heavy (non-hydrogen) atoms. The molecule has 0 aliphatic heterocycles. The lowest BCUT2D eigenvalue weighted by Gasteiger charge is -2.11. The number of halogens is 3. The van der Waals surface area contributed by atoms with Gasteiger partial charge in [-0.15, -0.1) is 0 Å². The Morgan fingerprint density at radius 1 is 1.32 bits per heavy atom. The third kappa shape index (κ3) is 4.86. The quantitative estimate of drug-likeness (QED) is 0.815. The summed E-state index contributed by atoms with van der Waals surface area (Å²) in [6, 6.07) is 5.10. The number of nitrogens with zero attached hydrogens (tertiary/aromatic N) is 1. The van der Waals surface area contributed by atoms with Gasteiger partial charge in [0.2, 0.25) is 5.91 Å². The fourth-order valence-electron chi connectivity index (χ4n) is 1.64. The second-order valence-corrected chi connectivity index (χ2v) is 4.65. The molecule has 5 nitrogen and oxygen atoms in total. The van der Waals surface area contributed by atoms with Gasteiger partial charge in [-0.2, -0.15) is 18.4 Å². The van der Waals surface area contributed by atoms with Gasteiger partial charge in [-0.3, -0.25) is 9.59 Å². The normalized spacial score (nSPS) is 13.8. The molecular formula is C14H13F3N2O3. The van der Waals surface area contributed by atoms with Gasteiger partial charge in [0.1, 0.15) is 0 Å². The van der Waals surface area contributed by atoms with Crippen LogP contribution in [0.2, 0.25) is 0 Å². The average Bonchev–Trinajstić information content (AvgIpc) is 2.38. The number of aliphatic hydroxyl groups is 1. The van der Waals surface area contributed by atoms with Gasteiger partial charge in [0, 0.05) is 12.1 Å². The third-order valence-corrected chi connectivity index (χ3v) is 2.69. The number of ketones is 1. The number of nitriles is 1. The van der Waals surface area contributed by atoms with E-state index in [1.807, 2.05) is 0 Å². The van der Waals surface area contributed by atoms with Crippen molar-refractivity contribution in [2.45, 2.75) is 25.6 Å². The van der Waals surface area contributed by atoms with Crippen molar-refractivity contribution < 1.29 is 27.9 Å². The maximum atomic E-state index is 12.4. The first-order valence-corrected chi connectivity index (χ1v) is 6.23. The highest BCUT2D eigenvalue weighted by Crippen LogP contribution is 2.29. The number of carbonyl (C=O) groups is 2. The van der Waals surface area contributed by atoms with E-state index in [2.05, 4.69) is 5.32 Å². The molecule has 0 saturated carbocycles. The second-order valence-electron chi connectivity index (χ2n) is 4.65. The van der Waals surface area contributed by atoms with Crippen molar-refractivity contribution in [1.29, 1.82) is 5.26 Å². The van der Waals surface area contributed by atoms with Gasteiger partial charge >= 0.3 is 6.18 Å². The lowest BCUT2D eigenvalue weighted by Crippen LogP contribution is -2.30. The van der Waals surface area contributed by atoms with Crippen molar-refractivity contribution in [2.75, 3.05) is 5.32 Å². The zero-order chi connectivity index (χ0) is 16.9. The molecule has 0 aliphatic rings. The molecule has 1 aromatic rings. The molecule has 0 spiro atoms. The summed E-state index contributed by atoms with van der Waals surface area (Å²) in [4.78, 5) is 23.4. The first-order valence-electron chi connectivity index (χ1n) is 6.23. The van der Waals surface area contributed by atoms with Crippen molar-refractivity contribution in [3.8, 4) is 6.07 Å². The van der Waals surface area contributed by atoms with Crippen molar-refractivity contribution in [3.63, 3.8) is 0 Å². The van der Waals surface area contributed by atoms with Crippen LogP contribution in [0.3, 0.4) is 0 Å². The highest BCUT2D eigenvalue weighted by Gasteiger charge is 2.30. The Kier molecular flexibility index (Phi) is 5.65. The summed E-state index contributed by atoms with van der Waals surface area (Å²) in [5.74, 6) is -3.34. The van der Waals surface area contributed by atoms with Gasteiger partial charge in [0.15, 0.2) is 11.7 Å². The van der Waals surface area contributed by atoms with E-state index in [1.165, 1.54) is 13.0 Å². The fraction of sp³-hybridized carbons (Fsp3) is 0.357. The Labute approximate surface area is 124 Å². The summed E-state index contributed by atoms with van der Waals surface area (Å²) in [5, 5.41) is 20.1. The van der Waals surface area contributed by atoms with Gasteiger partial charge in [0.25, 0.3) is 0 Å². The predicted molar refractivity (Wildman–Crippen MR) is 70.5 cm³/mol. The summed E-state index contributed by atoms with van der Waals surface area (Å²) in [6.07, 6.45) is -5.86. The largest absolute Gasteiger partial charge is 0.416 e. The first-order chi connectivity index (χ1) is 10.1.